The van der Waals surface area contributed by atoms with Crippen LogP contribution in [0.4, 0.5) is 5.69 Å². The maximum Gasteiger partial charge on any atom is 0.410 e. The topological polar surface area (TPSA) is 86.8 Å². The van der Waals surface area contributed by atoms with Gasteiger partial charge >= 0.3 is 16.4 Å². The number of hydrogen-bond acceptors (Lipinski definition) is 7. The van der Waals surface area contributed by atoms with Gasteiger partial charge in [0.15, 0.2) is 5.75 Å². The Morgan fingerprint density at radius 1 is 1.47 bits per heavy atom. The largest absolute Gasteiger partial charge is 0.434 e. The number of rotatable bonds is 0. The molecule has 2 aliphatic heterocycles. The van der Waals surface area contributed by atoms with Crippen LogP contribution in [-0.2, 0) is 18.8 Å². The second-order valence-corrected chi connectivity index (χ2v) is 4.24. The lowest BCUT2D eigenvalue weighted by atomic mass is 10.3. The fraction of sp³-hybridized carbons (Fsp3) is 0.286. The number of nitrogens with zero attached hydrogens (tertiary/aromatic N) is 1. The van der Waals surface area contributed by atoms with Crippen LogP contribution in [0.25, 0.3) is 0 Å². The summed E-state index contributed by atoms with van der Waals surface area (Å²) in [5.41, 5.74) is 0.666. The molecule has 80 valence electrons. The quantitative estimate of drug-likeness (QED) is 0.662. The van der Waals surface area contributed by atoms with Gasteiger partial charge in [0, 0.05) is 12.3 Å². The van der Waals surface area contributed by atoms with Crippen LogP contribution < -0.4 is 10.1 Å². The normalized spacial score (nSPS) is 24.5. The number of pyridine rings is 1. The summed E-state index contributed by atoms with van der Waals surface area (Å²) in [6, 6.07) is 1.58. The van der Waals surface area contributed by atoms with E-state index in [4.69, 9.17) is 4.74 Å². The molecular weight excluding hydrogens is 224 g/mol. The average Bonchev–Trinajstić information content (AvgIpc) is 2.14. The molecule has 0 bridgehead atoms. The molecule has 0 unspecified atom stereocenters. The Labute approximate surface area is 85.3 Å². The lowest BCUT2D eigenvalue weighted by molar-refractivity contribution is -0.299. The Bertz CT molecular complexity index is 502. The molecule has 3 heterocycles. The molecule has 0 amide bonds. The van der Waals surface area contributed by atoms with Gasteiger partial charge in [-0.25, -0.2) is 0 Å². The highest BCUT2D eigenvalue weighted by Gasteiger charge is 2.57. The van der Waals surface area contributed by atoms with E-state index in [0.29, 0.717) is 11.4 Å². The van der Waals surface area contributed by atoms with Gasteiger partial charge in [0.1, 0.15) is 6.54 Å². The first-order valence-corrected chi connectivity index (χ1v) is 5.45. The van der Waals surface area contributed by atoms with Crippen LogP contribution in [0, 0.1) is 0 Å². The van der Waals surface area contributed by atoms with Crippen molar-refractivity contribution in [2.24, 2.45) is 0 Å². The first kappa shape index (κ1) is 8.89. The van der Waals surface area contributed by atoms with Gasteiger partial charge in [-0.3, -0.25) is 4.98 Å². The second kappa shape index (κ2) is 2.60. The fourth-order valence-electron chi connectivity index (χ4n) is 1.42. The van der Waals surface area contributed by atoms with Crippen molar-refractivity contribution in [1.29, 1.82) is 0 Å². The van der Waals surface area contributed by atoms with Crippen molar-refractivity contribution in [1.82, 2.24) is 4.98 Å². The molecule has 1 fully saturated rings. The highest BCUT2D eigenvalue weighted by atomic mass is 32.3. The number of nitrogens with one attached hydrogen (secondary N) is 1. The number of hydrogen-bond donors (Lipinski definition) is 1. The first-order valence-electron chi connectivity index (χ1n) is 4.12. The molecule has 2 aliphatic rings. The van der Waals surface area contributed by atoms with E-state index in [1.54, 1.807) is 12.3 Å². The summed E-state index contributed by atoms with van der Waals surface area (Å²) in [5, 5.41) is 2.89. The minimum absolute atomic E-state index is 0.0882. The lowest BCUT2D eigenvalue weighted by Gasteiger charge is -2.41. The van der Waals surface area contributed by atoms with Gasteiger partial charge in [-0.1, -0.05) is 0 Å². The molecule has 3 rings (SSSR count). The predicted molar refractivity (Wildman–Crippen MR) is 47.2 cm³/mol. The molecule has 15 heavy (non-hydrogen) atoms. The van der Waals surface area contributed by atoms with E-state index < -0.39 is 16.4 Å². The lowest BCUT2D eigenvalue weighted by Crippen LogP contribution is -2.60. The zero-order chi connectivity index (χ0) is 10.5. The molecule has 1 saturated heterocycles. The maximum atomic E-state index is 10.7. The van der Waals surface area contributed by atoms with E-state index in [-0.39, 0.29) is 6.54 Å². The van der Waals surface area contributed by atoms with Gasteiger partial charge in [0.25, 0.3) is 0 Å². The smallest absolute Gasteiger partial charge is 0.410 e. The number of anilines is 1. The fourth-order valence-corrected chi connectivity index (χ4v) is 2.24. The summed E-state index contributed by atoms with van der Waals surface area (Å²) in [7, 11) is -3.87. The van der Waals surface area contributed by atoms with Crippen molar-refractivity contribution in [2.75, 3.05) is 11.9 Å². The van der Waals surface area contributed by atoms with Gasteiger partial charge in [0.05, 0.1) is 11.9 Å². The molecule has 0 atom stereocenters. The molecule has 8 heteroatoms. The molecule has 0 radical (unpaired) electrons. The molecule has 0 saturated carbocycles. The molecule has 1 aromatic rings. The van der Waals surface area contributed by atoms with Crippen LogP contribution in [0.1, 0.15) is 0 Å². The summed E-state index contributed by atoms with van der Waals surface area (Å²) in [6.45, 7) is 0.0882. The van der Waals surface area contributed by atoms with Crippen molar-refractivity contribution in [3.63, 3.8) is 0 Å². The Hall–Kier alpha value is -1.38. The van der Waals surface area contributed by atoms with E-state index in [9.17, 15) is 8.42 Å². The Morgan fingerprint density at radius 2 is 2.27 bits per heavy atom. The second-order valence-electron chi connectivity index (χ2n) is 3.09. The zero-order valence-corrected chi connectivity index (χ0v) is 8.15. The summed E-state index contributed by atoms with van der Waals surface area (Å²) < 4.78 is 35.8. The molecule has 0 aromatic carbocycles. The molecule has 1 spiro atoms. The SMILES string of the molecule is O=S1(=O)OC2(CNc3cnccc3O2)O1. The minimum atomic E-state index is -3.87. The van der Waals surface area contributed by atoms with E-state index >= 15 is 0 Å². The third kappa shape index (κ3) is 1.34. The van der Waals surface area contributed by atoms with E-state index in [1.165, 1.54) is 6.20 Å². The van der Waals surface area contributed by atoms with Crippen LogP contribution in [0.5, 0.6) is 5.75 Å². The average molecular weight is 230 g/mol. The molecule has 0 aliphatic carbocycles. The van der Waals surface area contributed by atoms with Crippen LogP contribution >= 0.6 is 0 Å². The summed E-state index contributed by atoms with van der Waals surface area (Å²) >= 11 is 0. The zero-order valence-electron chi connectivity index (χ0n) is 7.34. The standard InChI is InChI=1S/C7H6N2O5S/c10-15(11)13-7(14-15)4-9-5-3-8-2-1-6(5)12-7/h1-3,9H,4H2. The minimum Gasteiger partial charge on any atom is -0.434 e. The highest BCUT2D eigenvalue weighted by molar-refractivity contribution is 7.82. The summed E-state index contributed by atoms with van der Waals surface area (Å²) in [4.78, 5) is 3.88. The third-order valence-electron chi connectivity index (χ3n) is 2.00. The van der Waals surface area contributed by atoms with E-state index in [1.807, 2.05) is 0 Å². The Kier molecular flexibility index (Phi) is 1.54. The van der Waals surface area contributed by atoms with Crippen molar-refractivity contribution in [3.05, 3.63) is 18.5 Å². The van der Waals surface area contributed by atoms with Crippen LogP contribution in [0.3, 0.4) is 0 Å². The third-order valence-corrected chi connectivity index (χ3v) is 2.92. The summed E-state index contributed by atoms with van der Waals surface area (Å²) in [5.74, 6) is -1.11. The van der Waals surface area contributed by atoms with E-state index in [2.05, 4.69) is 18.7 Å². The van der Waals surface area contributed by atoms with E-state index in [0.717, 1.165) is 0 Å². The van der Waals surface area contributed by atoms with Crippen molar-refractivity contribution in [2.45, 2.75) is 5.97 Å². The molecule has 1 N–H and O–H groups in total. The summed E-state index contributed by atoms with van der Waals surface area (Å²) in [6.07, 6.45) is 3.09. The van der Waals surface area contributed by atoms with Gasteiger partial charge in [-0.05, 0) is 0 Å². The highest BCUT2D eigenvalue weighted by Crippen LogP contribution is 2.39. The predicted octanol–water partition coefficient (Wildman–Crippen LogP) is -0.169. The van der Waals surface area contributed by atoms with Crippen LogP contribution in [-0.4, -0.2) is 25.9 Å². The Balaban J connectivity index is 1.91. The van der Waals surface area contributed by atoms with Gasteiger partial charge in [-0.15, -0.1) is 0 Å². The molecule has 7 nitrogen and oxygen atoms in total. The van der Waals surface area contributed by atoms with Gasteiger partial charge in [0.2, 0.25) is 0 Å². The van der Waals surface area contributed by atoms with Crippen molar-refractivity contribution >= 4 is 16.1 Å². The molecular formula is C7H6N2O5S. The van der Waals surface area contributed by atoms with Gasteiger partial charge in [-0.2, -0.15) is 16.8 Å². The number of ether oxygens (including phenoxy) is 1. The maximum absolute atomic E-state index is 10.7. The van der Waals surface area contributed by atoms with Gasteiger partial charge < -0.3 is 10.1 Å². The number of fused-ring (bicyclic) bond motifs is 1. The monoisotopic (exact) mass is 230 g/mol. The number of aromatic nitrogens is 1. The molecule has 1 aromatic heterocycles. The van der Waals surface area contributed by atoms with Crippen molar-refractivity contribution < 1.29 is 21.5 Å². The Morgan fingerprint density at radius 3 is 3.00 bits per heavy atom. The van der Waals surface area contributed by atoms with Crippen molar-refractivity contribution in [3.8, 4) is 5.75 Å². The first-order chi connectivity index (χ1) is 7.09. The van der Waals surface area contributed by atoms with Crippen LogP contribution in [0.2, 0.25) is 0 Å². The van der Waals surface area contributed by atoms with Crippen LogP contribution in [0.15, 0.2) is 18.5 Å².